The zero-order chi connectivity index (χ0) is 24.2. The second-order valence-corrected chi connectivity index (χ2v) is 8.73. The van der Waals surface area contributed by atoms with Gasteiger partial charge in [0.25, 0.3) is 5.91 Å². The van der Waals surface area contributed by atoms with Gasteiger partial charge in [-0.15, -0.1) is 0 Å². The normalized spacial score (nSPS) is 14.8. The molecule has 0 aromatic heterocycles. The van der Waals surface area contributed by atoms with E-state index in [1.807, 2.05) is 49.4 Å². The first-order valence-electron chi connectivity index (χ1n) is 10.6. The SMILES string of the molecule is CCOc1cc(/C=C2/C(=O)N(c3ccccc3)C(=S)N2C)cc(Cl)c1OCc1ccc(Cl)cc1. The first kappa shape index (κ1) is 24.1. The van der Waals surface area contributed by atoms with Crippen molar-refractivity contribution in [2.45, 2.75) is 13.5 Å². The van der Waals surface area contributed by atoms with E-state index in [9.17, 15) is 4.79 Å². The van der Waals surface area contributed by atoms with E-state index < -0.39 is 0 Å². The van der Waals surface area contributed by atoms with E-state index in [1.54, 1.807) is 42.3 Å². The van der Waals surface area contributed by atoms with E-state index in [-0.39, 0.29) is 5.91 Å². The van der Waals surface area contributed by atoms with Crippen molar-refractivity contribution in [3.63, 3.8) is 0 Å². The van der Waals surface area contributed by atoms with Crippen LogP contribution in [0.3, 0.4) is 0 Å². The minimum absolute atomic E-state index is 0.212. The smallest absolute Gasteiger partial charge is 0.281 e. The zero-order valence-electron chi connectivity index (χ0n) is 18.6. The first-order chi connectivity index (χ1) is 16.4. The highest BCUT2D eigenvalue weighted by molar-refractivity contribution is 7.80. The number of carbonyl (C=O) groups is 1. The van der Waals surface area contributed by atoms with Gasteiger partial charge in [0, 0.05) is 12.1 Å². The molecule has 4 rings (SSSR count). The molecule has 1 fully saturated rings. The summed E-state index contributed by atoms with van der Waals surface area (Å²) in [7, 11) is 1.77. The number of para-hydroxylation sites is 1. The van der Waals surface area contributed by atoms with Crippen molar-refractivity contribution in [3.8, 4) is 11.5 Å². The maximum atomic E-state index is 13.2. The molecule has 5 nitrogen and oxygen atoms in total. The highest BCUT2D eigenvalue weighted by atomic mass is 35.5. The lowest BCUT2D eigenvalue weighted by molar-refractivity contribution is -0.114. The Hall–Kier alpha value is -3.06. The van der Waals surface area contributed by atoms with Gasteiger partial charge in [-0.05, 0) is 72.7 Å². The van der Waals surface area contributed by atoms with Gasteiger partial charge in [-0.25, -0.2) is 0 Å². The molecule has 8 heteroatoms. The number of hydrogen-bond donors (Lipinski definition) is 0. The van der Waals surface area contributed by atoms with Crippen molar-refractivity contribution in [2.75, 3.05) is 18.6 Å². The van der Waals surface area contributed by atoms with Gasteiger partial charge in [-0.1, -0.05) is 53.5 Å². The summed E-state index contributed by atoms with van der Waals surface area (Å²) >= 11 is 18.1. The molecule has 34 heavy (non-hydrogen) atoms. The fourth-order valence-electron chi connectivity index (χ4n) is 3.53. The van der Waals surface area contributed by atoms with E-state index in [0.29, 0.717) is 56.8 Å². The molecule has 0 aliphatic carbocycles. The molecule has 1 aliphatic rings. The van der Waals surface area contributed by atoms with Crippen LogP contribution in [-0.4, -0.2) is 29.6 Å². The van der Waals surface area contributed by atoms with E-state index in [1.165, 1.54) is 4.90 Å². The number of likely N-dealkylation sites (N-methyl/N-ethyl adjacent to an activating group) is 1. The lowest BCUT2D eigenvalue weighted by Gasteiger charge is -2.16. The Morgan fingerprint density at radius 1 is 1.00 bits per heavy atom. The molecule has 1 saturated heterocycles. The lowest BCUT2D eigenvalue weighted by Crippen LogP contribution is -2.30. The third-order valence-corrected chi connectivity index (χ3v) is 6.20. The third kappa shape index (κ3) is 5.04. The first-order valence-corrected chi connectivity index (χ1v) is 11.8. The Labute approximate surface area is 214 Å². The second kappa shape index (κ2) is 10.5. The maximum absolute atomic E-state index is 13.2. The molecule has 0 radical (unpaired) electrons. The van der Waals surface area contributed by atoms with Gasteiger partial charge < -0.3 is 14.4 Å². The van der Waals surface area contributed by atoms with Crippen LogP contribution in [0.5, 0.6) is 11.5 Å². The standard InChI is InChI=1S/C26H22Cl2N2O3S/c1-3-32-23-15-18(13-21(28)24(23)33-16-17-9-11-19(27)12-10-17)14-22-25(31)30(26(34)29(22)2)20-7-5-4-6-8-20/h4-15H,3,16H2,1-2H3/b22-14-. The van der Waals surface area contributed by atoms with Crippen LogP contribution in [0.1, 0.15) is 18.1 Å². The van der Waals surface area contributed by atoms with Crippen LogP contribution in [0.4, 0.5) is 5.69 Å². The number of rotatable bonds is 7. The van der Waals surface area contributed by atoms with E-state index in [4.69, 9.17) is 44.9 Å². The highest BCUT2D eigenvalue weighted by Gasteiger charge is 2.36. The third-order valence-electron chi connectivity index (χ3n) is 5.21. The molecule has 174 valence electrons. The van der Waals surface area contributed by atoms with Crippen LogP contribution < -0.4 is 14.4 Å². The van der Waals surface area contributed by atoms with Crippen LogP contribution in [0.25, 0.3) is 6.08 Å². The van der Waals surface area contributed by atoms with Crippen LogP contribution in [0, 0.1) is 0 Å². The Balaban J connectivity index is 1.63. The predicted molar refractivity (Wildman–Crippen MR) is 141 cm³/mol. The lowest BCUT2D eigenvalue weighted by atomic mass is 10.1. The molecule has 0 N–H and O–H groups in total. The van der Waals surface area contributed by atoms with Gasteiger partial charge in [0.2, 0.25) is 0 Å². The molecule has 0 spiro atoms. The number of carbonyl (C=O) groups excluding carboxylic acids is 1. The number of ether oxygens (including phenoxy) is 2. The largest absolute Gasteiger partial charge is 0.490 e. The number of amides is 1. The quantitative estimate of drug-likeness (QED) is 0.264. The molecular weight excluding hydrogens is 491 g/mol. The Morgan fingerprint density at radius 3 is 2.38 bits per heavy atom. The minimum Gasteiger partial charge on any atom is -0.490 e. The topological polar surface area (TPSA) is 42.0 Å². The molecule has 0 bridgehead atoms. The Bertz CT molecular complexity index is 1250. The summed E-state index contributed by atoms with van der Waals surface area (Å²) in [6.07, 6.45) is 1.74. The summed E-state index contributed by atoms with van der Waals surface area (Å²) in [5.74, 6) is 0.718. The molecule has 0 unspecified atom stereocenters. The Morgan fingerprint density at radius 2 is 1.71 bits per heavy atom. The number of halogens is 2. The predicted octanol–water partition coefficient (Wildman–Crippen LogP) is 6.58. The van der Waals surface area contributed by atoms with Gasteiger partial charge in [0.05, 0.1) is 17.3 Å². The number of benzene rings is 3. The van der Waals surface area contributed by atoms with Crippen LogP contribution >= 0.6 is 35.4 Å². The molecule has 3 aromatic rings. The van der Waals surface area contributed by atoms with Gasteiger partial charge in [0.15, 0.2) is 16.6 Å². The number of hydrogen-bond acceptors (Lipinski definition) is 4. The molecular formula is C26H22Cl2N2O3S. The van der Waals surface area contributed by atoms with Crippen molar-refractivity contribution < 1.29 is 14.3 Å². The summed E-state index contributed by atoms with van der Waals surface area (Å²) in [5, 5.41) is 1.44. The molecule has 1 amide bonds. The van der Waals surface area contributed by atoms with Crippen LogP contribution in [0.2, 0.25) is 10.0 Å². The van der Waals surface area contributed by atoms with Gasteiger partial charge in [-0.2, -0.15) is 0 Å². The molecule has 0 atom stereocenters. The monoisotopic (exact) mass is 512 g/mol. The summed E-state index contributed by atoms with van der Waals surface area (Å²) in [4.78, 5) is 16.4. The van der Waals surface area contributed by atoms with Gasteiger partial charge >= 0.3 is 0 Å². The number of thiocarbonyl (C=S) groups is 1. The fourth-order valence-corrected chi connectivity index (χ4v) is 4.22. The van der Waals surface area contributed by atoms with Gasteiger partial charge in [-0.3, -0.25) is 9.69 Å². The maximum Gasteiger partial charge on any atom is 0.281 e. The minimum atomic E-state index is -0.212. The van der Waals surface area contributed by atoms with E-state index >= 15 is 0 Å². The molecule has 0 saturated carbocycles. The Kier molecular flexibility index (Phi) is 7.41. The average Bonchev–Trinajstić information content (AvgIpc) is 3.03. The van der Waals surface area contributed by atoms with Crippen molar-refractivity contribution in [1.82, 2.24) is 4.90 Å². The zero-order valence-corrected chi connectivity index (χ0v) is 21.0. The summed E-state index contributed by atoms with van der Waals surface area (Å²) in [5.41, 5.74) is 2.79. The molecule has 1 heterocycles. The van der Waals surface area contributed by atoms with E-state index in [2.05, 4.69) is 0 Å². The van der Waals surface area contributed by atoms with Crippen molar-refractivity contribution in [3.05, 3.63) is 93.6 Å². The van der Waals surface area contributed by atoms with Crippen molar-refractivity contribution in [1.29, 1.82) is 0 Å². The van der Waals surface area contributed by atoms with Crippen molar-refractivity contribution in [2.24, 2.45) is 0 Å². The summed E-state index contributed by atoms with van der Waals surface area (Å²) in [6.45, 7) is 2.61. The second-order valence-electron chi connectivity index (χ2n) is 7.53. The fraction of sp³-hybridized carbons (Fsp3) is 0.154. The van der Waals surface area contributed by atoms with E-state index in [0.717, 1.165) is 5.56 Å². The molecule has 3 aromatic carbocycles. The average molecular weight is 513 g/mol. The summed E-state index contributed by atoms with van der Waals surface area (Å²) < 4.78 is 11.8. The number of anilines is 1. The van der Waals surface area contributed by atoms with Crippen LogP contribution in [0.15, 0.2) is 72.4 Å². The van der Waals surface area contributed by atoms with Crippen molar-refractivity contribution >= 4 is 58.2 Å². The molecule has 1 aliphatic heterocycles. The van der Waals surface area contributed by atoms with Gasteiger partial charge in [0.1, 0.15) is 12.3 Å². The number of nitrogens with zero attached hydrogens (tertiary/aromatic N) is 2. The van der Waals surface area contributed by atoms with Crippen LogP contribution in [-0.2, 0) is 11.4 Å². The highest BCUT2D eigenvalue weighted by Crippen LogP contribution is 2.38. The summed E-state index contributed by atoms with van der Waals surface area (Å²) in [6, 6.07) is 20.2.